The highest BCUT2D eigenvalue weighted by Gasteiger charge is 2.27. The van der Waals surface area contributed by atoms with Crippen LogP contribution < -0.4 is 15.5 Å². The number of nitrogens with one attached hydrogen (secondary N) is 3. The van der Waals surface area contributed by atoms with Gasteiger partial charge in [0.15, 0.2) is 21.8 Å². The van der Waals surface area contributed by atoms with Gasteiger partial charge in [0.2, 0.25) is 0 Å². The van der Waals surface area contributed by atoms with Crippen LogP contribution in [0.5, 0.6) is 0 Å². The first-order valence-electron chi connectivity index (χ1n) is 10.7. The summed E-state index contributed by atoms with van der Waals surface area (Å²) in [6, 6.07) is 4.71. The van der Waals surface area contributed by atoms with Crippen molar-refractivity contribution in [2.24, 2.45) is 5.92 Å². The number of imidazole rings is 1. The number of aromatic amines is 1. The Kier molecular flexibility index (Phi) is 7.17. The predicted octanol–water partition coefficient (Wildman–Crippen LogP) is 4.80. The first-order chi connectivity index (χ1) is 16.3. The topological polar surface area (TPSA) is 140 Å². The summed E-state index contributed by atoms with van der Waals surface area (Å²) in [5.41, 5.74) is 1.56. The van der Waals surface area contributed by atoms with Gasteiger partial charge in [0, 0.05) is 43.7 Å². The van der Waals surface area contributed by atoms with Crippen LogP contribution in [0.2, 0.25) is 0 Å². The van der Waals surface area contributed by atoms with E-state index in [4.69, 9.17) is 0 Å². The number of nitrogens with zero attached hydrogens (tertiary/aromatic N) is 3. The molecule has 3 aromatic rings. The summed E-state index contributed by atoms with van der Waals surface area (Å²) in [4.78, 5) is 50.4. The van der Waals surface area contributed by atoms with Crippen LogP contribution in [0.4, 0.5) is 21.3 Å². The van der Waals surface area contributed by atoms with Crippen molar-refractivity contribution in [3.63, 3.8) is 0 Å². The predicted molar refractivity (Wildman–Crippen MR) is 131 cm³/mol. The number of carboxylic acids is 1. The number of thiazole rings is 1. The van der Waals surface area contributed by atoms with Crippen LogP contribution in [0, 0.1) is 5.92 Å². The molecule has 0 saturated heterocycles. The molecule has 0 radical (unpaired) electrons. The first kappa shape index (κ1) is 23.8. The van der Waals surface area contributed by atoms with Gasteiger partial charge in [-0.1, -0.05) is 24.2 Å². The SMILES string of the molecule is CN(C)c1ccc(NC(=O)Nc2nc(C(=O)O)c(Sc3ncc[nH]3)s2)c(C(=O)C2CCCC2)c1. The lowest BCUT2D eigenvalue weighted by Crippen LogP contribution is -2.22. The number of amides is 2. The van der Waals surface area contributed by atoms with Crippen LogP contribution in [0.3, 0.4) is 0 Å². The highest BCUT2D eigenvalue weighted by atomic mass is 32.2. The molecule has 0 spiro atoms. The molecule has 0 atom stereocenters. The summed E-state index contributed by atoms with van der Waals surface area (Å²) in [7, 11) is 3.78. The summed E-state index contributed by atoms with van der Waals surface area (Å²) in [5, 5.41) is 15.4. The zero-order valence-electron chi connectivity index (χ0n) is 18.6. The Morgan fingerprint density at radius 2 is 1.97 bits per heavy atom. The number of hydrogen-bond acceptors (Lipinski definition) is 8. The first-order valence-corrected chi connectivity index (χ1v) is 12.3. The Bertz CT molecular complexity index is 1200. The molecule has 10 nitrogen and oxygen atoms in total. The smallest absolute Gasteiger partial charge is 0.356 e. The molecule has 4 N–H and O–H groups in total. The summed E-state index contributed by atoms with van der Waals surface area (Å²) in [6.07, 6.45) is 6.95. The molecule has 0 unspecified atom stereocenters. The summed E-state index contributed by atoms with van der Waals surface area (Å²) in [6.45, 7) is 0. The molecule has 1 aliphatic carbocycles. The number of rotatable bonds is 8. The van der Waals surface area contributed by atoms with Crippen molar-refractivity contribution >= 4 is 57.4 Å². The number of aromatic nitrogens is 3. The maximum atomic E-state index is 13.2. The van der Waals surface area contributed by atoms with Crippen LogP contribution in [0.25, 0.3) is 0 Å². The van der Waals surface area contributed by atoms with Crippen molar-refractivity contribution in [1.82, 2.24) is 15.0 Å². The van der Waals surface area contributed by atoms with Crippen LogP contribution in [0.1, 0.15) is 46.5 Å². The van der Waals surface area contributed by atoms with Crippen molar-refractivity contribution in [3.05, 3.63) is 41.9 Å². The van der Waals surface area contributed by atoms with Gasteiger partial charge in [-0.25, -0.2) is 19.6 Å². The molecule has 1 fully saturated rings. The zero-order valence-corrected chi connectivity index (χ0v) is 20.3. The highest BCUT2D eigenvalue weighted by Crippen LogP contribution is 2.36. The van der Waals surface area contributed by atoms with E-state index in [9.17, 15) is 19.5 Å². The molecule has 0 bridgehead atoms. The van der Waals surface area contributed by atoms with E-state index in [1.807, 2.05) is 25.1 Å². The number of urea groups is 1. The molecule has 12 heteroatoms. The van der Waals surface area contributed by atoms with E-state index in [2.05, 4.69) is 25.6 Å². The molecule has 178 valence electrons. The average Bonchev–Trinajstić information content (AvgIpc) is 3.56. The van der Waals surface area contributed by atoms with Gasteiger partial charge < -0.3 is 20.3 Å². The van der Waals surface area contributed by atoms with Gasteiger partial charge in [0.25, 0.3) is 0 Å². The molecule has 0 aliphatic heterocycles. The minimum atomic E-state index is -1.21. The third-order valence-electron chi connectivity index (χ3n) is 5.44. The highest BCUT2D eigenvalue weighted by molar-refractivity contribution is 8.01. The van der Waals surface area contributed by atoms with Crippen LogP contribution in [-0.2, 0) is 0 Å². The number of ketones is 1. The van der Waals surface area contributed by atoms with Crippen molar-refractivity contribution in [1.29, 1.82) is 0 Å². The Morgan fingerprint density at radius 3 is 2.62 bits per heavy atom. The van der Waals surface area contributed by atoms with Gasteiger partial charge >= 0.3 is 12.0 Å². The lowest BCUT2D eigenvalue weighted by Gasteiger charge is -2.18. The number of anilines is 3. The minimum Gasteiger partial charge on any atom is -0.476 e. The molecule has 2 heterocycles. The number of carboxylic acid groups (broad SMARTS) is 1. The largest absolute Gasteiger partial charge is 0.476 e. The monoisotopic (exact) mass is 500 g/mol. The van der Waals surface area contributed by atoms with E-state index in [0.29, 0.717) is 20.6 Å². The van der Waals surface area contributed by atoms with Gasteiger partial charge in [0.05, 0.1) is 5.69 Å². The van der Waals surface area contributed by atoms with Gasteiger partial charge in [0.1, 0.15) is 4.21 Å². The molecule has 4 rings (SSSR count). The number of Topliss-reactive ketones (excluding diaryl/α,β-unsaturated/α-hetero) is 1. The second-order valence-electron chi connectivity index (χ2n) is 8.01. The van der Waals surface area contributed by atoms with Gasteiger partial charge in [-0.3, -0.25) is 10.1 Å². The number of H-pyrrole nitrogens is 1. The van der Waals surface area contributed by atoms with Crippen LogP contribution >= 0.6 is 23.1 Å². The van der Waals surface area contributed by atoms with Crippen molar-refractivity contribution in [3.8, 4) is 0 Å². The van der Waals surface area contributed by atoms with E-state index in [1.165, 1.54) is 0 Å². The number of carbonyl (C=O) groups is 3. The van der Waals surface area contributed by atoms with Gasteiger partial charge in [-0.05, 0) is 42.8 Å². The number of hydrogen-bond donors (Lipinski definition) is 4. The summed E-state index contributed by atoms with van der Waals surface area (Å²) in [5.74, 6) is -1.22. The van der Waals surface area contributed by atoms with E-state index >= 15 is 0 Å². The van der Waals surface area contributed by atoms with E-state index in [0.717, 1.165) is 54.5 Å². The Morgan fingerprint density at radius 1 is 1.21 bits per heavy atom. The Balaban J connectivity index is 1.53. The number of carbonyl (C=O) groups excluding carboxylic acids is 2. The zero-order chi connectivity index (χ0) is 24.2. The third kappa shape index (κ3) is 5.39. The summed E-state index contributed by atoms with van der Waals surface area (Å²) < 4.78 is 0.380. The standard InChI is InChI=1S/C22H24N6O4S2/c1-28(2)13-7-8-15(14(11-13)17(29)12-5-3-4-6-12)25-20(32)27-22-26-16(18(30)31)19(34-22)33-21-23-9-10-24-21/h7-12H,3-6H2,1-2H3,(H,23,24)(H,30,31)(H2,25,26,27,32). The quantitative estimate of drug-likeness (QED) is 0.323. The Hall–Kier alpha value is -3.38. The maximum Gasteiger partial charge on any atom is 0.356 e. The normalized spacial score (nSPS) is 13.6. The van der Waals surface area contributed by atoms with Crippen molar-refractivity contribution in [2.45, 2.75) is 35.0 Å². The molecule has 1 aromatic carbocycles. The molecule has 2 aromatic heterocycles. The fourth-order valence-electron chi connectivity index (χ4n) is 3.74. The van der Waals surface area contributed by atoms with Crippen molar-refractivity contribution in [2.75, 3.05) is 29.6 Å². The van der Waals surface area contributed by atoms with Gasteiger partial charge in [-0.15, -0.1) is 0 Å². The lowest BCUT2D eigenvalue weighted by atomic mass is 9.94. The average molecular weight is 501 g/mol. The summed E-state index contributed by atoms with van der Waals surface area (Å²) >= 11 is 2.14. The van der Waals surface area contributed by atoms with Gasteiger partial charge in [-0.2, -0.15) is 0 Å². The molecule has 34 heavy (non-hydrogen) atoms. The minimum absolute atomic E-state index is 0.0241. The molecule has 1 aliphatic rings. The molecular formula is C22H24N6O4S2. The second-order valence-corrected chi connectivity index (χ2v) is 10.3. The number of aromatic carboxylic acids is 1. The Labute approximate surface area is 204 Å². The second kappa shape index (κ2) is 10.3. The lowest BCUT2D eigenvalue weighted by molar-refractivity contribution is 0.0687. The molecule has 2 amide bonds. The maximum absolute atomic E-state index is 13.2. The molecule has 1 saturated carbocycles. The fourth-order valence-corrected chi connectivity index (χ4v) is 5.71. The van der Waals surface area contributed by atoms with E-state index in [1.54, 1.807) is 24.5 Å². The third-order valence-corrected chi connectivity index (χ3v) is 7.50. The van der Waals surface area contributed by atoms with Crippen LogP contribution in [-0.4, -0.2) is 51.9 Å². The fraction of sp³-hybridized carbons (Fsp3) is 0.318. The van der Waals surface area contributed by atoms with E-state index < -0.39 is 12.0 Å². The van der Waals surface area contributed by atoms with Crippen molar-refractivity contribution < 1.29 is 19.5 Å². The van der Waals surface area contributed by atoms with E-state index in [-0.39, 0.29) is 22.5 Å². The number of benzene rings is 1. The molecular weight excluding hydrogens is 476 g/mol. The van der Waals surface area contributed by atoms with Crippen LogP contribution in [0.15, 0.2) is 40.0 Å².